The first-order chi connectivity index (χ1) is 12.6. The monoisotopic (exact) mass is 390 g/mol. The van der Waals surface area contributed by atoms with E-state index in [-0.39, 0.29) is 24.4 Å². The highest BCUT2D eigenvalue weighted by atomic mass is 35.5. The van der Waals surface area contributed by atoms with Crippen molar-refractivity contribution in [1.29, 1.82) is 0 Å². The van der Waals surface area contributed by atoms with Crippen LogP contribution in [0.15, 0.2) is 42.5 Å². The maximum absolute atomic E-state index is 13.1. The molecular weight excluding hydrogens is 364 g/mol. The summed E-state index contributed by atoms with van der Waals surface area (Å²) >= 11 is 0. The lowest BCUT2D eigenvalue weighted by Crippen LogP contribution is -2.49. The van der Waals surface area contributed by atoms with Crippen LogP contribution in [0.5, 0.6) is 11.5 Å². The quantitative estimate of drug-likeness (QED) is 0.852. The Morgan fingerprint density at radius 1 is 1.15 bits per heavy atom. The Labute approximate surface area is 167 Å². The maximum Gasteiger partial charge on any atom is 0.227 e. The first kappa shape index (κ1) is 21.1. The van der Waals surface area contributed by atoms with Crippen LogP contribution in [0.3, 0.4) is 0 Å². The van der Waals surface area contributed by atoms with Gasteiger partial charge in [-0.1, -0.05) is 35.9 Å². The molecule has 0 saturated carbocycles. The number of nitrogens with zero attached hydrogens (tertiary/aromatic N) is 1. The summed E-state index contributed by atoms with van der Waals surface area (Å²) in [5, 5.41) is 3.39. The summed E-state index contributed by atoms with van der Waals surface area (Å²) in [4.78, 5) is 15.1. The lowest BCUT2D eigenvalue weighted by atomic mass is 10.00. The Bertz CT molecular complexity index is 782. The highest BCUT2D eigenvalue weighted by Gasteiger charge is 2.30. The van der Waals surface area contributed by atoms with Crippen LogP contribution in [0, 0.1) is 6.92 Å². The number of methoxy groups -OCH3 is 2. The fraction of sp³-hybridized carbons (Fsp3) is 0.381. The molecule has 27 heavy (non-hydrogen) atoms. The van der Waals surface area contributed by atoms with E-state index in [1.165, 1.54) is 0 Å². The Morgan fingerprint density at radius 3 is 2.63 bits per heavy atom. The number of halogens is 1. The summed E-state index contributed by atoms with van der Waals surface area (Å²) in [5.41, 5.74) is 3.08. The third-order valence-electron chi connectivity index (χ3n) is 4.84. The summed E-state index contributed by atoms with van der Waals surface area (Å²) in [6.07, 6.45) is 0.330. The Morgan fingerprint density at radius 2 is 1.89 bits per heavy atom. The SMILES string of the molecule is COc1ccc(C)cc1CC(=O)N1CCNCC1c1ccccc1OC.Cl. The zero-order valence-corrected chi connectivity index (χ0v) is 16.8. The first-order valence-electron chi connectivity index (χ1n) is 8.90. The number of amides is 1. The van der Waals surface area contributed by atoms with Crippen LogP contribution in [0.25, 0.3) is 0 Å². The number of carbonyl (C=O) groups is 1. The molecule has 0 radical (unpaired) electrons. The van der Waals surface area contributed by atoms with Gasteiger partial charge in [0.05, 0.1) is 26.7 Å². The molecule has 1 aliphatic heterocycles. The number of aryl methyl sites for hydroxylation is 1. The lowest BCUT2D eigenvalue weighted by molar-refractivity contribution is -0.133. The van der Waals surface area contributed by atoms with E-state index in [9.17, 15) is 4.79 Å². The van der Waals surface area contributed by atoms with E-state index in [2.05, 4.69) is 5.32 Å². The smallest absolute Gasteiger partial charge is 0.227 e. The molecule has 0 bridgehead atoms. The highest BCUT2D eigenvalue weighted by molar-refractivity contribution is 5.85. The summed E-state index contributed by atoms with van der Waals surface area (Å²) in [6.45, 7) is 4.21. The largest absolute Gasteiger partial charge is 0.496 e. The second-order valence-corrected chi connectivity index (χ2v) is 6.54. The normalized spacial score (nSPS) is 16.4. The predicted molar refractivity (Wildman–Crippen MR) is 109 cm³/mol. The van der Waals surface area contributed by atoms with Crippen molar-refractivity contribution < 1.29 is 14.3 Å². The Kier molecular flexibility index (Phi) is 7.51. The zero-order valence-electron chi connectivity index (χ0n) is 16.0. The fourth-order valence-electron chi connectivity index (χ4n) is 3.53. The molecule has 6 heteroatoms. The van der Waals surface area contributed by atoms with E-state index < -0.39 is 0 Å². The lowest BCUT2D eigenvalue weighted by Gasteiger charge is -2.37. The van der Waals surface area contributed by atoms with Crippen LogP contribution in [-0.4, -0.2) is 44.7 Å². The van der Waals surface area contributed by atoms with Crippen molar-refractivity contribution in [2.45, 2.75) is 19.4 Å². The molecule has 1 atom stereocenters. The number of nitrogens with one attached hydrogen (secondary N) is 1. The van der Waals surface area contributed by atoms with Gasteiger partial charge in [0.2, 0.25) is 5.91 Å². The molecule has 146 valence electrons. The van der Waals surface area contributed by atoms with E-state index >= 15 is 0 Å². The van der Waals surface area contributed by atoms with E-state index in [0.717, 1.165) is 41.3 Å². The molecule has 2 aromatic rings. The van der Waals surface area contributed by atoms with Gasteiger partial charge in [0.25, 0.3) is 0 Å². The van der Waals surface area contributed by atoms with Crippen molar-refractivity contribution in [1.82, 2.24) is 10.2 Å². The van der Waals surface area contributed by atoms with Gasteiger partial charge in [0.15, 0.2) is 0 Å². The molecule has 0 spiro atoms. The molecule has 0 aromatic heterocycles. The van der Waals surface area contributed by atoms with E-state index in [1.807, 2.05) is 54.3 Å². The first-order valence-corrected chi connectivity index (χ1v) is 8.90. The van der Waals surface area contributed by atoms with Crippen LogP contribution in [0.2, 0.25) is 0 Å². The van der Waals surface area contributed by atoms with Crippen molar-refractivity contribution in [2.24, 2.45) is 0 Å². The molecule has 1 aliphatic rings. The van der Waals surface area contributed by atoms with Gasteiger partial charge in [-0.2, -0.15) is 0 Å². The van der Waals surface area contributed by atoms with Crippen LogP contribution in [0.4, 0.5) is 0 Å². The number of benzene rings is 2. The molecule has 5 nitrogen and oxygen atoms in total. The van der Waals surface area contributed by atoms with Crippen molar-refractivity contribution in [2.75, 3.05) is 33.9 Å². The van der Waals surface area contributed by atoms with Gasteiger partial charge in [-0.05, 0) is 19.1 Å². The van der Waals surface area contributed by atoms with Crippen molar-refractivity contribution in [3.63, 3.8) is 0 Å². The molecule has 0 aliphatic carbocycles. The second-order valence-electron chi connectivity index (χ2n) is 6.54. The fourth-order valence-corrected chi connectivity index (χ4v) is 3.53. The molecule has 1 N–H and O–H groups in total. The van der Waals surface area contributed by atoms with Gasteiger partial charge in [-0.15, -0.1) is 12.4 Å². The van der Waals surface area contributed by atoms with Crippen LogP contribution in [-0.2, 0) is 11.2 Å². The van der Waals surface area contributed by atoms with Crippen LogP contribution < -0.4 is 14.8 Å². The van der Waals surface area contributed by atoms with Crippen LogP contribution in [0.1, 0.15) is 22.7 Å². The summed E-state index contributed by atoms with van der Waals surface area (Å²) in [6, 6.07) is 13.8. The minimum absolute atomic E-state index is 0. The van der Waals surface area contributed by atoms with Gasteiger partial charge < -0.3 is 19.7 Å². The van der Waals surface area contributed by atoms with Gasteiger partial charge >= 0.3 is 0 Å². The zero-order chi connectivity index (χ0) is 18.5. The number of ether oxygens (including phenoxy) is 2. The van der Waals surface area contributed by atoms with E-state index in [1.54, 1.807) is 14.2 Å². The second kappa shape index (κ2) is 9.62. The molecule has 2 aromatic carbocycles. The summed E-state index contributed by atoms with van der Waals surface area (Å²) in [7, 11) is 3.31. The topological polar surface area (TPSA) is 50.8 Å². The van der Waals surface area contributed by atoms with Gasteiger partial charge in [-0.3, -0.25) is 4.79 Å². The van der Waals surface area contributed by atoms with Gasteiger partial charge in [0.1, 0.15) is 11.5 Å². The highest BCUT2D eigenvalue weighted by Crippen LogP contribution is 2.31. The standard InChI is InChI=1S/C21H26N2O3.ClH/c1-15-8-9-19(25-2)16(12-15)13-21(24)23-11-10-22-14-18(23)17-6-4-5-7-20(17)26-3;/h4-9,12,18,22H,10-11,13-14H2,1-3H3;1H. The number of hydrogen-bond donors (Lipinski definition) is 1. The number of hydrogen-bond acceptors (Lipinski definition) is 4. The molecule has 1 saturated heterocycles. The van der Waals surface area contributed by atoms with Crippen molar-refractivity contribution in [3.8, 4) is 11.5 Å². The third kappa shape index (κ3) is 4.73. The third-order valence-corrected chi connectivity index (χ3v) is 4.84. The molecule has 1 heterocycles. The Hall–Kier alpha value is -2.24. The number of carbonyl (C=O) groups excluding carboxylic acids is 1. The number of piperazine rings is 1. The average Bonchev–Trinajstić information content (AvgIpc) is 2.68. The van der Waals surface area contributed by atoms with E-state index in [0.29, 0.717) is 13.0 Å². The average molecular weight is 391 g/mol. The molecule has 1 fully saturated rings. The minimum Gasteiger partial charge on any atom is -0.496 e. The van der Waals surface area contributed by atoms with Gasteiger partial charge in [0, 0.05) is 30.8 Å². The number of para-hydroxylation sites is 1. The van der Waals surface area contributed by atoms with Gasteiger partial charge in [-0.25, -0.2) is 0 Å². The van der Waals surface area contributed by atoms with Crippen LogP contribution >= 0.6 is 12.4 Å². The molecule has 3 rings (SSSR count). The van der Waals surface area contributed by atoms with Crippen molar-refractivity contribution in [3.05, 3.63) is 59.2 Å². The Balaban J connectivity index is 0.00000261. The molecule has 1 unspecified atom stereocenters. The minimum atomic E-state index is -0.0387. The predicted octanol–water partition coefficient (Wildman–Crippen LogP) is 3.15. The maximum atomic E-state index is 13.1. The molecular formula is C21H27ClN2O3. The van der Waals surface area contributed by atoms with E-state index in [4.69, 9.17) is 9.47 Å². The summed E-state index contributed by atoms with van der Waals surface area (Å²) < 4.78 is 10.9. The molecule has 1 amide bonds. The van der Waals surface area contributed by atoms with Crippen molar-refractivity contribution >= 4 is 18.3 Å². The number of rotatable bonds is 5. The summed E-state index contributed by atoms with van der Waals surface area (Å²) in [5.74, 6) is 1.67.